The molecule has 6 nitrogen and oxygen atoms in total. The molecule has 0 saturated carbocycles. The van der Waals surface area contributed by atoms with Gasteiger partial charge in [0.2, 0.25) is 5.91 Å². The van der Waals surface area contributed by atoms with E-state index in [0.717, 1.165) is 6.92 Å². The Morgan fingerprint density at radius 2 is 1.64 bits per heavy atom. The highest BCUT2D eigenvalue weighted by atomic mass is 16.4. The highest BCUT2D eigenvalue weighted by Crippen LogP contribution is 1.91. The zero-order valence-electron chi connectivity index (χ0n) is 8.40. The Balaban J connectivity index is 0. The minimum atomic E-state index is -1.35. The van der Waals surface area contributed by atoms with Gasteiger partial charge < -0.3 is 15.5 Å². The van der Waals surface area contributed by atoms with Crippen molar-refractivity contribution in [2.24, 2.45) is 0 Å². The molecule has 82 valence electrons. The third kappa shape index (κ3) is 8.51. The summed E-state index contributed by atoms with van der Waals surface area (Å²) in [5.74, 6) is -3.19. The lowest BCUT2D eigenvalue weighted by Crippen LogP contribution is -2.41. The van der Waals surface area contributed by atoms with Gasteiger partial charge in [-0.25, -0.2) is 4.79 Å². The molecule has 0 aliphatic carbocycles. The predicted octanol–water partition coefficient (Wildman–Crippen LogP) is 0.0766. The Bertz CT molecular complexity index is 198. The number of carbonyl (C=O) groups is 3. The van der Waals surface area contributed by atoms with Crippen LogP contribution in [0.4, 0.5) is 0 Å². The van der Waals surface area contributed by atoms with E-state index in [2.05, 4.69) is 0 Å². The van der Waals surface area contributed by atoms with Gasteiger partial charge in [-0.05, 0) is 0 Å². The number of carboxylic acids is 2. The van der Waals surface area contributed by atoms with E-state index in [1.807, 2.05) is 19.2 Å². The van der Waals surface area contributed by atoms with Gasteiger partial charge >= 0.3 is 11.9 Å². The molecular weight excluding hydrogens is 190 g/mol. The van der Waals surface area contributed by atoms with Crippen LogP contribution >= 0.6 is 0 Å². The normalized spacial score (nSPS) is 10.5. The quantitative estimate of drug-likeness (QED) is 0.602. The summed E-state index contributed by atoms with van der Waals surface area (Å²) in [6.45, 7) is 5.12. The Morgan fingerprint density at radius 1 is 1.21 bits per heavy atom. The Labute approximate surface area is 81.9 Å². The van der Waals surface area contributed by atoms with Crippen LogP contribution in [0.3, 0.4) is 0 Å². The van der Waals surface area contributed by atoms with Crippen LogP contribution in [0.5, 0.6) is 0 Å². The van der Waals surface area contributed by atoms with Gasteiger partial charge in [-0.15, -0.1) is 0 Å². The molecule has 0 bridgehead atoms. The molecule has 0 saturated heterocycles. The monoisotopic (exact) mass is 205 g/mol. The van der Waals surface area contributed by atoms with Gasteiger partial charge in [-0.3, -0.25) is 9.59 Å². The molecule has 0 aliphatic heterocycles. The van der Waals surface area contributed by atoms with E-state index >= 15 is 0 Å². The number of carboxylic acid groups (broad SMARTS) is 2. The maximum absolute atomic E-state index is 10.4. The number of carbonyl (C=O) groups excluding carboxylic acids is 1. The second kappa shape index (κ2) is 8.03. The first kappa shape index (κ1) is 14.9. The Morgan fingerprint density at radius 3 is 1.86 bits per heavy atom. The molecule has 0 heterocycles. The van der Waals surface area contributed by atoms with Crippen LogP contribution < -0.4 is 5.32 Å². The minimum absolute atomic E-state index is 0.566. The lowest BCUT2D eigenvalue weighted by atomic mass is 10.2. The van der Waals surface area contributed by atoms with Crippen LogP contribution in [0, 0.1) is 0 Å². The van der Waals surface area contributed by atoms with Gasteiger partial charge in [-0.1, -0.05) is 13.8 Å². The number of rotatable bonds is 4. The maximum Gasteiger partial charge on any atom is 0.326 e. The van der Waals surface area contributed by atoms with E-state index in [1.165, 1.54) is 0 Å². The van der Waals surface area contributed by atoms with Crippen molar-refractivity contribution >= 4 is 17.8 Å². The molecule has 0 fully saturated rings. The average Bonchev–Trinajstić information content (AvgIpc) is 2.05. The Kier molecular flexibility index (Phi) is 8.55. The highest BCUT2D eigenvalue weighted by Gasteiger charge is 2.21. The zero-order valence-corrected chi connectivity index (χ0v) is 8.40. The van der Waals surface area contributed by atoms with Gasteiger partial charge in [0.05, 0.1) is 6.42 Å². The van der Waals surface area contributed by atoms with E-state index in [0.29, 0.717) is 0 Å². The highest BCUT2D eigenvalue weighted by molar-refractivity contribution is 5.85. The first-order chi connectivity index (χ1) is 6.43. The predicted molar refractivity (Wildman–Crippen MR) is 48.8 cm³/mol. The smallest absolute Gasteiger partial charge is 0.326 e. The van der Waals surface area contributed by atoms with E-state index < -0.39 is 30.3 Å². The standard InChI is InChI=1S/C6H9NO5.C2H6/c1-3(8)7-4(6(11)12)2-5(9)10;1-2/h4H,2H2,1H3,(H,7,8)(H,9,10)(H,11,12);1-2H3. The van der Waals surface area contributed by atoms with E-state index in [4.69, 9.17) is 10.2 Å². The molecule has 3 N–H and O–H groups in total. The molecule has 0 aliphatic rings. The molecule has 0 aromatic rings. The van der Waals surface area contributed by atoms with Crippen molar-refractivity contribution in [3.05, 3.63) is 0 Å². The summed E-state index contributed by atoms with van der Waals surface area (Å²) in [5.41, 5.74) is 0. The fourth-order valence-electron chi connectivity index (χ4n) is 0.620. The summed E-state index contributed by atoms with van der Waals surface area (Å²) in [7, 11) is 0. The van der Waals surface area contributed by atoms with Crippen molar-refractivity contribution in [3.63, 3.8) is 0 Å². The zero-order chi connectivity index (χ0) is 11.7. The summed E-state index contributed by atoms with van der Waals surface area (Å²) in [6.07, 6.45) is -0.616. The molecule has 0 rings (SSSR count). The van der Waals surface area contributed by atoms with Crippen molar-refractivity contribution in [2.45, 2.75) is 33.2 Å². The van der Waals surface area contributed by atoms with Crippen LogP contribution in [-0.4, -0.2) is 34.1 Å². The van der Waals surface area contributed by atoms with Crippen molar-refractivity contribution in [1.29, 1.82) is 0 Å². The van der Waals surface area contributed by atoms with E-state index in [-0.39, 0.29) is 0 Å². The van der Waals surface area contributed by atoms with Gasteiger partial charge in [0, 0.05) is 6.92 Å². The fourth-order valence-corrected chi connectivity index (χ4v) is 0.620. The summed E-state index contributed by atoms with van der Waals surface area (Å²) in [5, 5.41) is 18.6. The summed E-state index contributed by atoms with van der Waals surface area (Å²) in [6, 6.07) is -1.35. The molecule has 14 heavy (non-hydrogen) atoms. The molecule has 0 spiro atoms. The number of hydrogen-bond donors (Lipinski definition) is 3. The van der Waals surface area contributed by atoms with Crippen LogP contribution in [0.15, 0.2) is 0 Å². The van der Waals surface area contributed by atoms with E-state index in [1.54, 1.807) is 0 Å². The van der Waals surface area contributed by atoms with Gasteiger partial charge in [0.1, 0.15) is 6.04 Å². The molecule has 0 aromatic carbocycles. The molecule has 1 unspecified atom stereocenters. The number of nitrogens with one attached hydrogen (secondary N) is 1. The van der Waals surface area contributed by atoms with E-state index in [9.17, 15) is 14.4 Å². The third-order valence-corrected chi connectivity index (χ3v) is 1.05. The SMILES string of the molecule is CC.CC(=O)NC(CC(=O)O)C(=O)O. The molecule has 6 heteroatoms. The largest absolute Gasteiger partial charge is 0.481 e. The van der Waals surface area contributed by atoms with Crippen LogP contribution in [0.1, 0.15) is 27.2 Å². The summed E-state index contributed by atoms with van der Waals surface area (Å²) < 4.78 is 0. The van der Waals surface area contributed by atoms with Crippen LogP contribution in [0.2, 0.25) is 0 Å². The molecule has 0 radical (unpaired) electrons. The number of amides is 1. The first-order valence-corrected chi connectivity index (χ1v) is 4.15. The van der Waals surface area contributed by atoms with Crippen molar-refractivity contribution in [1.82, 2.24) is 5.32 Å². The van der Waals surface area contributed by atoms with Crippen molar-refractivity contribution < 1.29 is 24.6 Å². The maximum atomic E-state index is 10.4. The van der Waals surface area contributed by atoms with Gasteiger partial charge in [-0.2, -0.15) is 0 Å². The molecular formula is C8H15NO5. The fraction of sp³-hybridized carbons (Fsp3) is 0.625. The summed E-state index contributed by atoms with van der Waals surface area (Å²) in [4.78, 5) is 30.7. The first-order valence-electron chi connectivity index (χ1n) is 4.15. The summed E-state index contributed by atoms with van der Waals surface area (Å²) >= 11 is 0. The van der Waals surface area contributed by atoms with Gasteiger partial charge in [0.25, 0.3) is 0 Å². The number of hydrogen-bond acceptors (Lipinski definition) is 3. The lowest BCUT2D eigenvalue weighted by Gasteiger charge is -2.09. The topological polar surface area (TPSA) is 104 Å². The van der Waals surface area contributed by atoms with Crippen LogP contribution in [-0.2, 0) is 14.4 Å². The molecule has 1 atom stereocenters. The second-order valence-corrected chi connectivity index (χ2v) is 2.19. The molecule has 0 aromatic heterocycles. The lowest BCUT2D eigenvalue weighted by molar-refractivity contribution is -0.147. The van der Waals surface area contributed by atoms with Crippen molar-refractivity contribution in [2.75, 3.05) is 0 Å². The van der Waals surface area contributed by atoms with Crippen LogP contribution in [0.25, 0.3) is 0 Å². The second-order valence-electron chi connectivity index (χ2n) is 2.19. The average molecular weight is 205 g/mol. The minimum Gasteiger partial charge on any atom is -0.481 e. The Hall–Kier alpha value is -1.59. The van der Waals surface area contributed by atoms with Crippen molar-refractivity contribution in [3.8, 4) is 0 Å². The van der Waals surface area contributed by atoms with Gasteiger partial charge in [0.15, 0.2) is 0 Å². The number of aliphatic carboxylic acids is 2. The molecule has 1 amide bonds. The third-order valence-electron chi connectivity index (χ3n) is 1.05.